The van der Waals surface area contributed by atoms with Crippen LogP contribution in [-0.2, 0) is 4.74 Å². The van der Waals surface area contributed by atoms with E-state index in [1.807, 2.05) is 30.3 Å². The fourth-order valence-electron chi connectivity index (χ4n) is 1.92. The molecule has 5 heteroatoms. The zero-order valence-corrected chi connectivity index (χ0v) is 9.36. The van der Waals surface area contributed by atoms with Gasteiger partial charge >= 0.3 is 0 Å². The number of rotatable bonds is 3. The summed E-state index contributed by atoms with van der Waals surface area (Å²) in [5, 5.41) is 31.6. The number of hydrogen-bond acceptors (Lipinski definition) is 5. The third-order valence-corrected chi connectivity index (χ3v) is 2.94. The average molecular weight is 239 g/mol. The van der Waals surface area contributed by atoms with Crippen molar-refractivity contribution in [2.24, 2.45) is 0 Å². The summed E-state index contributed by atoms with van der Waals surface area (Å²) >= 11 is 0. The molecule has 0 unspecified atom stereocenters. The summed E-state index contributed by atoms with van der Waals surface area (Å²) in [6.45, 7) is -0.0470. The molecule has 94 valence electrons. The van der Waals surface area contributed by atoms with E-state index in [4.69, 9.17) is 9.84 Å². The van der Waals surface area contributed by atoms with E-state index in [-0.39, 0.29) is 19.3 Å². The molecule has 1 aliphatic heterocycles. The first-order valence-corrected chi connectivity index (χ1v) is 5.62. The summed E-state index contributed by atoms with van der Waals surface area (Å²) < 4.78 is 5.27. The highest BCUT2D eigenvalue weighted by Crippen LogP contribution is 2.19. The van der Waals surface area contributed by atoms with Crippen molar-refractivity contribution in [1.82, 2.24) is 0 Å². The van der Waals surface area contributed by atoms with Crippen LogP contribution in [0.3, 0.4) is 0 Å². The Morgan fingerprint density at radius 3 is 2.53 bits per heavy atom. The Hall–Kier alpha value is -1.14. The molecular weight excluding hydrogens is 222 g/mol. The highest BCUT2D eigenvalue weighted by molar-refractivity contribution is 5.43. The van der Waals surface area contributed by atoms with Crippen LogP contribution >= 0.6 is 0 Å². The van der Waals surface area contributed by atoms with Crippen molar-refractivity contribution in [2.45, 2.75) is 24.4 Å². The van der Waals surface area contributed by atoms with E-state index in [0.717, 1.165) is 5.69 Å². The van der Waals surface area contributed by atoms with Crippen molar-refractivity contribution in [3.05, 3.63) is 30.3 Å². The van der Waals surface area contributed by atoms with Crippen molar-refractivity contribution in [3.63, 3.8) is 0 Å². The molecule has 1 aromatic carbocycles. The summed E-state index contributed by atoms with van der Waals surface area (Å²) in [5.74, 6) is 0. The molecule has 1 fully saturated rings. The lowest BCUT2D eigenvalue weighted by Gasteiger charge is -2.37. The van der Waals surface area contributed by atoms with Gasteiger partial charge in [-0.05, 0) is 12.1 Å². The van der Waals surface area contributed by atoms with Gasteiger partial charge in [0.05, 0.1) is 19.3 Å². The maximum Gasteiger partial charge on any atom is 0.110 e. The Bertz CT molecular complexity index is 346. The van der Waals surface area contributed by atoms with Crippen LogP contribution in [0.25, 0.3) is 0 Å². The zero-order valence-electron chi connectivity index (χ0n) is 9.36. The quantitative estimate of drug-likeness (QED) is 0.576. The first-order valence-electron chi connectivity index (χ1n) is 5.62. The van der Waals surface area contributed by atoms with Crippen molar-refractivity contribution in [3.8, 4) is 0 Å². The minimum Gasteiger partial charge on any atom is -0.394 e. The van der Waals surface area contributed by atoms with Crippen LogP contribution in [0.4, 0.5) is 5.69 Å². The second kappa shape index (κ2) is 5.46. The Morgan fingerprint density at radius 2 is 1.88 bits per heavy atom. The minimum absolute atomic E-state index is 0.248. The molecule has 1 heterocycles. The number of ether oxygens (including phenoxy) is 1. The van der Waals surface area contributed by atoms with Gasteiger partial charge in [0.15, 0.2) is 0 Å². The number of anilines is 1. The number of para-hydroxylation sites is 1. The summed E-state index contributed by atoms with van der Waals surface area (Å²) in [6.07, 6.45) is -2.74. The molecule has 4 atom stereocenters. The zero-order chi connectivity index (χ0) is 12.3. The number of aliphatic hydroxyl groups excluding tert-OH is 3. The number of nitrogens with one attached hydrogen (secondary N) is 1. The van der Waals surface area contributed by atoms with E-state index in [0.29, 0.717) is 0 Å². The SMILES string of the molecule is OC[C@H]1OC[C@H](Nc2ccccc2)[C@@H](O)[C@H]1O. The Labute approximate surface area is 99.7 Å². The average Bonchev–Trinajstić information content (AvgIpc) is 2.37. The highest BCUT2D eigenvalue weighted by Gasteiger charge is 2.37. The Balaban J connectivity index is 1.99. The second-order valence-corrected chi connectivity index (χ2v) is 4.15. The van der Waals surface area contributed by atoms with E-state index in [1.165, 1.54) is 0 Å². The van der Waals surface area contributed by atoms with Gasteiger partial charge in [-0.25, -0.2) is 0 Å². The number of hydrogen-bond donors (Lipinski definition) is 4. The van der Waals surface area contributed by atoms with Crippen LogP contribution in [0.15, 0.2) is 30.3 Å². The lowest BCUT2D eigenvalue weighted by atomic mass is 9.98. The molecule has 2 rings (SSSR count). The van der Waals surface area contributed by atoms with E-state index in [9.17, 15) is 10.2 Å². The lowest BCUT2D eigenvalue weighted by Crippen LogP contribution is -2.56. The normalized spacial score (nSPS) is 33.4. The topological polar surface area (TPSA) is 82.0 Å². The van der Waals surface area contributed by atoms with Gasteiger partial charge in [0.1, 0.15) is 18.3 Å². The predicted molar refractivity (Wildman–Crippen MR) is 62.7 cm³/mol. The molecule has 0 aromatic heterocycles. The lowest BCUT2D eigenvalue weighted by molar-refractivity contribution is -0.152. The van der Waals surface area contributed by atoms with Gasteiger partial charge < -0.3 is 25.4 Å². The van der Waals surface area contributed by atoms with E-state index in [2.05, 4.69) is 5.32 Å². The molecular formula is C12H17NO4. The van der Waals surface area contributed by atoms with Gasteiger partial charge in [-0.1, -0.05) is 18.2 Å². The third kappa shape index (κ3) is 2.76. The molecule has 0 bridgehead atoms. The Kier molecular flexibility index (Phi) is 3.96. The molecule has 1 aromatic rings. The summed E-state index contributed by atoms with van der Waals surface area (Å²) in [6, 6.07) is 9.02. The van der Waals surface area contributed by atoms with Crippen molar-refractivity contribution in [2.75, 3.05) is 18.5 Å². The molecule has 0 spiro atoms. The molecule has 17 heavy (non-hydrogen) atoms. The third-order valence-electron chi connectivity index (χ3n) is 2.94. The van der Waals surface area contributed by atoms with Gasteiger partial charge in [-0.3, -0.25) is 0 Å². The highest BCUT2D eigenvalue weighted by atomic mass is 16.5. The van der Waals surface area contributed by atoms with Crippen molar-refractivity contribution in [1.29, 1.82) is 0 Å². The van der Waals surface area contributed by atoms with Gasteiger partial charge in [-0.15, -0.1) is 0 Å². The molecule has 0 amide bonds. The molecule has 5 nitrogen and oxygen atoms in total. The van der Waals surface area contributed by atoms with Crippen LogP contribution in [0, 0.1) is 0 Å². The fourth-order valence-corrected chi connectivity index (χ4v) is 1.92. The van der Waals surface area contributed by atoms with E-state index in [1.54, 1.807) is 0 Å². The van der Waals surface area contributed by atoms with Crippen molar-refractivity contribution >= 4 is 5.69 Å². The van der Waals surface area contributed by atoms with Gasteiger partial charge in [0.2, 0.25) is 0 Å². The maximum atomic E-state index is 9.90. The van der Waals surface area contributed by atoms with E-state index >= 15 is 0 Å². The predicted octanol–water partition coefficient (Wildman–Crippen LogP) is -0.420. The molecule has 1 aliphatic rings. The minimum atomic E-state index is -1.07. The smallest absolute Gasteiger partial charge is 0.110 e. The van der Waals surface area contributed by atoms with Crippen LogP contribution in [0.5, 0.6) is 0 Å². The van der Waals surface area contributed by atoms with Gasteiger partial charge in [-0.2, -0.15) is 0 Å². The van der Waals surface area contributed by atoms with E-state index < -0.39 is 18.3 Å². The van der Waals surface area contributed by atoms with Crippen LogP contribution in [-0.4, -0.2) is 52.9 Å². The summed E-state index contributed by atoms with van der Waals surface area (Å²) in [5.41, 5.74) is 0.856. The molecule has 0 saturated carbocycles. The molecule has 1 saturated heterocycles. The first kappa shape index (κ1) is 12.3. The molecule has 0 aliphatic carbocycles. The van der Waals surface area contributed by atoms with Crippen molar-refractivity contribution < 1.29 is 20.1 Å². The number of benzene rings is 1. The summed E-state index contributed by atoms with van der Waals surface area (Å²) in [4.78, 5) is 0. The monoisotopic (exact) mass is 239 g/mol. The number of aliphatic hydroxyl groups is 3. The van der Waals surface area contributed by atoms with Crippen LogP contribution in [0.1, 0.15) is 0 Å². The Morgan fingerprint density at radius 1 is 1.18 bits per heavy atom. The second-order valence-electron chi connectivity index (χ2n) is 4.15. The fraction of sp³-hybridized carbons (Fsp3) is 0.500. The first-order chi connectivity index (χ1) is 8.22. The van der Waals surface area contributed by atoms with Gasteiger partial charge in [0.25, 0.3) is 0 Å². The largest absolute Gasteiger partial charge is 0.394 e. The molecule has 4 N–H and O–H groups in total. The summed E-state index contributed by atoms with van der Waals surface area (Å²) in [7, 11) is 0. The van der Waals surface area contributed by atoms with Gasteiger partial charge in [0, 0.05) is 5.69 Å². The maximum absolute atomic E-state index is 9.90. The van der Waals surface area contributed by atoms with Crippen LogP contribution in [0.2, 0.25) is 0 Å². The van der Waals surface area contributed by atoms with Crippen LogP contribution < -0.4 is 5.32 Å². The standard InChI is InChI=1S/C12H17NO4/c14-6-10-12(16)11(15)9(7-17-10)13-8-4-2-1-3-5-8/h1-5,9-16H,6-7H2/t9-,10+,11+,12-/m0/s1. The molecule has 0 radical (unpaired) electrons.